The first kappa shape index (κ1) is 8.25. The van der Waals surface area contributed by atoms with E-state index in [1.165, 1.54) is 19.3 Å². The van der Waals surface area contributed by atoms with Crippen LogP contribution in [0.3, 0.4) is 0 Å². The Morgan fingerprint density at radius 3 is 2.77 bits per heavy atom. The second kappa shape index (κ2) is 3.18. The molecule has 0 atom stereocenters. The summed E-state index contributed by atoms with van der Waals surface area (Å²) in [4.78, 5) is 4.45. The fraction of sp³-hybridized carbons (Fsp3) is 0.455. The zero-order valence-electron chi connectivity index (χ0n) is 7.75. The summed E-state index contributed by atoms with van der Waals surface area (Å²) >= 11 is 0. The van der Waals surface area contributed by atoms with Crippen molar-refractivity contribution in [2.75, 3.05) is 0 Å². The highest BCUT2D eigenvalue weighted by Crippen LogP contribution is 2.35. The molecule has 0 bridgehead atoms. The first-order chi connectivity index (χ1) is 6.29. The van der Waals surface area contributed by atoms with E-state index in [-0.39, 0.29) is 0 Å². The summed E-state index contributed by atoms with van der Waals surface area (Å²) in [6.45, 7) is 1.95. The van der Waals surface area contributed by atoms with E-state index in [0.717, 1.165) is 17.0 Å². The smallest absolute Gasteiger partial charge is 0.0992 e. The van der Waals surface area contributed by atoms with E-state index in [9.17, 15) is 0 Å². The van der Waals surface area contributed by atoms with Crippen molar-refractivity contribution in [3.63, 3.8) is 0 Å². The molecule has 0 aliphatic heterocycles. The zero-order valence-corrected chi connectivity index (χ0v) is 7.75. The minimum atomic E-state index is 0.618. The Morgan fingerprint density at radius 2 is 2.23 bits per heavy atom. The molecule has 0 aromatic carbocycles. The standard InChI is InChI=1S/C11H12N2/c1-8-5-9(7-12)6-11(13-8)10-3-2-4-10/h5-6,10H,2-4H2,1H3. The summed E-state index contributed by atoms with van der Waals surface area (Å²) in [5.41, 5.74) is 2.82. The predicted molar refractivity (Wildman–Crippen MR) is 50.3 cm³/mol. The average molecular weight is 172 g/mol. The summed E-state index contributed by atoms with van der Waals surface area (Å²) < 4.78 is 0. The van der Waals surface area contributed by atoms with Crippen molar-refractivity contribution in [1.29, 1.82) is 5.26 Å². The fourth-order valence-corrected chi connectivity index (χ4v) is 1.67. The second-order valence-corrected chi connectivity index (χ2v) is 3.66. The van der Waals surface area contributed by atoms with Gasteiger partial charge in [0.2, 0.25) is 0 Å². The van der Waals surface area contributed by atoms with Crippen LogP contribution in [0.1, 0.15) is 42.1 Å². The molecule has 0 N–H and O–H groups in total. The molecule has 0 saturated heterocycles. The Balaban J connectivity index is 2.35. The minimum Gasteiger partial charge on any atom is -0.258 e. The van der Waals surface area contributed by atoms with Crippen LogP contribution in [0.2, 0.25) is 0 Å². The summed E-state index contributed by atoms with van der Waals surface area (Å²) in [6.07, 6.45) is 3.78. The Labute approximate surface area is 78.2 Å². The molecular formula is C11H12N2. The molecule has 1 saturated carbocycles. The number of aromatic nitrogens is 1. The third-order valence-corrected chi connectivity index (χ3v) is 2.63. The first-order valence-corrected chi connectivity index (χ1v) is 4.68. The van der Waals surface area contributed by atoms with Crippen LogP contribution in [0, 0.1) is 18.3 Å². The molecule has 1 fully saturated rings. The molecule has 2 nitrogen and oxygen atoms in total. The largest absolute Gasteiger partial charge is 0.258 e. The number of hydrogen-bond acceptors (Lipinski definition) is 2. The molecule has 66 valence electrons. The van der Waals surface area contributed by atoms with Gasteiger partial charge in [-0.15, -0.1) is 0 Å². The highest BCUT2D eigenvalue weighted by molar-refractivity contribution is 5.33. The molecule has 1 aromatic heterocycles. The van der Waals surface area contributed by atoms with Crippen molar-refractivity contribution in [2.24, 2.45) is 0 Å². The van der Waals surface area contributed by atoms with Crippen LogP contribution in [0.25, 0.3) is 0 Å². The molecule has 13 heavy (non-hydrogen) atoms. The second-order valence-electron chi connectivity index (χ2n) is 3.66. The summed E-state index contributed by atoms with van der Waals surface area (Å²) in [5.74, 6) is 0.618. The van der Waals surface area contributed by atoms with Crippen LogP contribution in [-0.4, -0.2) is 4.98 Å². The lowest BCUT2D eigenvalue weighted by Crippen LogP contribution is -2.11. The van der Waals surface area contributed by atoms with E-state index in [1.807, 2.05) is 19.1 Å². The van der Waals surface area contributed by atoms with E-state index >= 15 is 0 Å². The molecule has 0 radical (unpaired) electrons. The van der Waals surface area contributed by atoms with Crippen LogP contribution in [0.4, 0.5) is 0 Å². The Kier molecular flexibility index (Phi) is 2.02. The topological polar surface area (TPSA) is 36.7 Å². The van der Waals surface area contributed by atoms with E-state index in [2.05, 4.69) is 11.1 Å². The highest BCUT2D eigenvalue weighted by Gasteiger charge is 2.21. The van der Waals surface area contributed by atoms with E-state index in [1.54, 1.807) is 0 Å². The quantitative estimate of drug-likeness (QED) is 0.652. The van der Waals surface area contributed by atoms with Crippen molar-refractivity contribution >= 4 is 0 Å². The monoisotopic (exact) mass is 172 g/mol. The van der Waals surface area contributed by atoms with Gasteiger partial charge < -0.3 is 0 Å². The van der Waals surface area contributed by atoms with Crippen LogP contribution < -0.4 is 0 Å². The van der Waals surface area contributed by atoms with Gasteiger partial charge in [0.1, 0.15) is 0 Å². The van der Waals surface area contributed by atoms with Crippen molar-refractivity contribution in [3.05, 3.63) is 29.1 Å². The molecule has 1 aromatic rings. The van der Waals surface area contributed by atoms with Gasteiger partial charge in [0.15, 0.2) is 0 Å². The Morgan fingerprint density at radius 1 is 1.46 bits per heavy atom. The predicted octanol–water partition coefficient (Wildman–Crippen LogP) is 2.53. The van der Waals surface area contributed by atoms with Gasteiger partial charge in [-0.3, -0.25) is 4.98 Å². The Bertz CT molecular complexity index is 359. The number of rotatable bonds is 1. The third-order valence-electron chi connectivity index (χ3n) is 2.63. The van der Waals surface area contributed by atoms with Gasteiger partial charge in [0.25, 0.3) is 0 Å². The van der Waals surface area contributed by atoms with Gasteiger partial charge >= 0.3 is 0 Å². The van der Waals surface area contributed by atoms with Gasteiger partial charge in [-0.2, -0.15) is 5.26 Å². The summed E-state index contributed by atoms with van der Waals surface area (Å²) in [6, 6.07) is 5.93. The number of pyridine rings is 1. The lowest BCUT2D eigenvalue weighted by atomic mass is 9.82. The summed E-state index contributed by atoms with van der Waals surface area (Å²) in [7, 11) is 0. The van der Waals surface area contributed by atoms with Gasteiger partial charge in [-0.25, -0.2) is 0 Å². The number of hydrogen-bond donors (Lipinski definition) is 0. The molecule has 1 aliphatic rings. The zero-order chi connectivity index (χ0) is 9.26. The molecule has 1 aliphatic carbocycles. The van der Waals surface area contributed by atoms with E-state index in [4.69, 9.17) is 5.26 Å². The molecule has 0 unspecified atom stereocenters. The maximum Gasteiger partial charge on any atom is 0.0992 e. The normalized spacial score (nSPS) is 16.3. The first-order valence-electron chi connectivity index (χ1n) is 4.68. The van der Waals surface area contributed by atoms with Gasteiger partial charge in [0, 0.05) is 17.3 Å². The minimum absolute atomic E-state index is 0.618. The molecule has 1 heterocycles. The molecule has 0 amide bonds. The molecule has 0 spiro atoms. The summed E-state index contributed by atoms with van der Waals surface area (Å²) in [5, 5.41) is 8.78. The van der Waals surface area contributed by atoms with Gasteiger partial charge in [-0.1, -0.05) is 6.42 Å². The maximum absolute atomic E-state index is 8.78. The fourth-order valence-electron chi connectivity index (χ4n) is 1.67. The van der Waals surface area contributed by atoms with Crippen LogP contribution in [0.15, 0.2) is 12.1 Å². The molecule has 2 heteroatoms. The SMILES string of the molecule is Cc1cc(C#N)cc(C2CCC2)n1. The van der Waals surface area contributed by atoms with Gasteiger partial charge in [0.05, 0.1) is 11.6 Å². The van der Waals surface area contributed by atoms with Crippen LogP contribution in [-0.2, 0) is 0 Å². The lowest BCUT2D eigenvalue weighted by molar-refractivity contribution is 0.410. The van der Waals surface area contributed by atoms with E-state index < -0.39 is 0 Å². The van der Waals surface area contributed by atoms with Crippen LogP contribution in [0.5, 0.6) is 0 Å². The van der Waals surface area contributed by atoms with Crippen molar-refractivity contribution in [3.8, 4) is 6.07 Å². The third kappa shape index (κ3) is 1.55. The van der Waals surface area contributed by atoms with Crippen molar-refractivity contribution in [2.45, 2.75) is 32.1 Å². The number of nitriles is 1. The molecule has 2 rings (SSSR count). The van der Waals surface area contributed by atoms with Crippen molar-refractivity contribution in [1.82, 2.24) is 4.98 Å². The highest BCUT2D eigenvalue weighted by atomic mass is 14.7. The number of aryl methyl sites for hydroxylation is 1. The average Bonchev–Trinajstić information content (AvgIpc) is 2.00. The van der Waals surface area contributed by atoms with Crippen molar-refractivity contribution < 1.29 is 0 Å². The lowest BCUT2D eigenvalue weighted by Gasteiger charge is -2.24. The van der Waals surface area contributed by atoms with E-state index in [0.29, 0.717) is 5.92 Å². The maximum atomic E-state index is 8.78. The molecular weight excluding hydrogens is 160 g/mol. The van der Waals surface area contributed by atoms with Crippen LogP contribution >= 0.6 is 0 Å². The van der Waals surface area contributed by atoms with Gasteiger partial charge in [-0.05, 0) is 31.9 Å². The Hall–Kier alpha value is -1.36. The number of nitrogens with zero attached hydrogens (tertiary/aromatic N) is 2.